The molecule has 3 rings (SSSR count). The summed E-state index contributed by atoms with van der Waals surface area (Å²) in [6.45, 7) is 2.61. The van der Waals surface area contributed by atoms with Crippen LogP contribution in [0.5, 0.6) is 5.75 Å². The highest BCUT2D eigenvalue weighted by Gasteiger charge is 2.32. The fraction of sp³-hybridized carbons (Fsp3) is 0.250. The molecular weight excluding hydrogens is 339 g/mol. The number of aryl methyl sites for hydroxylation is 1. The van der Waals surface area contributed by atoms with Gasteiger partial charge in [-0.2, -0.15) is 0 Å². The standard InChI is InChI=1S/C16H14Cl2N2OS/c1-9-6-11(4-5-19-9)20-8-10(7-14(20)22)15-13(21)3-2-12(17)16(15)18/h2-6,10,21H,7-8H2,1H3. The van der Waals surface area contributed by atoms with Crippen LogP contribution in [0.25, 0.3) is 0 Å². The zero-order valence-electron chi connectivity index (χ0n) is 11.9. The molecule has 0 aliphatic carbocycles. The molecule has 0 amide bonds. The van der Waals surface area contributed by atoms with Crippen LogP contribution in [-0.4, -0.2) is 21.6 Å². The summed E-state index contributed by atoms with van der Waals surface area (Å²) in [6.07, 6.45) is 2.43. The molecule has 0 spiro atoms. The monoisotopic (exact) mass is 352 g/mol. The highest BCUT2D eigenvalue weighted by Crippen LogP contribution is 2.42. The van der Waals surface area contributed by atoms with E-state index >= 15 is 0 Å². The van der Waals surface area contributed by atoms with Crippen LogP contribution in [0.1, 0.15) is 23.6 Å². The second-order valence-electron chi connectivity index (χ2n) is 5.35. The third-order valence-corrected chi connectivity index (χ3v) is 5.04. The van der Waals surface area contributed by atoms with Crippen LogP contribution < -0.4 is 4.90 Å². The number of pyridine rings is 1. The van der Waals surface area contributed by atoms with Crippen molar-refractivity contribution in [2.75, 3.05) is 11.4 Å². The Kier molecular flexibility index (Phi) is 4.26. The first kappa shape index (κ1) is 15.5. The number of anilines is 1. The maximum absolute atomic E-state index is 10.1. The molecule has 1 aromatic carbocycles. The van der Waals surface area contributed by atoms with Crippen LogP contribution in [-0.2, 0) is 0 Å². The van der Waals surface area contributed by atoms with Gasteiger partial charge in [0.1, 0.15) is 5.75 Å². The Hall–Kier alpha value is -1.36. The van der Waals surface area contributed by atoms with E-state index in [9.17, 15) is 5.11 Å². The molecule has 3 nitrogen and oxygen atoms in total. The first-order valence-corrected chi connectivity index (χ1v) is 8.03. The average Bonchev–Trinajstić information content (AvgIpc) is 2.85. The van der Waals surface area contributed by atoms with E-state index in [1.807, 2.05) is 19.1 Å². The molecule has 1 unspecified atom stereocenters. The van der Waals surface area contributed by atoms with Gasteiger partial charge in [-0.1, -0.05) is 35.4 Å². The predicted molar refractivity (Wildman–Crippen MR) is 94.4 cm³/mol. The minimum absolute atomic E-state index is 0.0205. The van der Waals surface area contributed by atoms with Crippen molar-refractivity contribution in [2.45, 2.75) is 19.3 Å². The molecule has 1 atom stereocenters. The lowest BCUT2D eigenvalue weighted by atomic mass is 9.97. The predicted octanol–water partition coefficient (Wildman–Crippen LogP) is 4.72. The van der Waals surface area contributed by atoms with E-state index in [4.69, 9.17) is 35.4 Å². The topological polar surface area (TPSA) is 36.4 Å². The SMILES string of the molecule is Cc1cc(N2CC(c3c(O)ccc(Cl)c3Cl)CC2=S)ccn1. The first-order valence-electron chi connectivity index (χ1n) is 6.87. The van der Waals surface area contributed by atoms with Gasteiger partial charge in [-0.3, -0.25) is 4.98 Å². The molecule has 1 saturated heterocycles. The fourth-order valence-corrected chi connectivity index (χ4v) is 3.65. The molecule has 114 valence electrons. The number of benzene rings is 1. The van der Waals surface area contributed by atoms with Gasteiger partial charge < -0.3 is 10.0 Å². The molecule has 1 N–H and O–H groups in total. The van der Waals surface area contributed by atoms with Crippen molar-refractivity contribution in [1.29, 1.82) is 0 Å². The largest absolute Gasteiger partial charge is 0.508 e. The van der Waals surface area contributed by atoms with Crippen LogP contribution in [0.15, 0.2) is 30.5 Å². The van der Waals surface area contributed by atoms with E-state index < -0.39 is 0 Å². The van der Waals surface area contributed by atoms with Crippen molar-refractivity contribution in [2.24, 2.45) is 0 Å². The maximum Gasteiger partial charge on any atom is 0.120 e. The minimum atomic E-state index is 0.0205. The summed E-state index contributed by atoms with van der Waals surface area (Å²) in [6, 6.07) is 7.10. The number of halogens is 2. The number of hydrogen-bond donors (Lipinski definition) is 1. The van der Waals surface area contributed by atoms with Crippen molar-refractivity contribution < 1.29 is 5.11 Å². The van der Waals surface area contributed by atoms with Gasteiger partial charge in [-0.05, 0) is 31.2 Å². The van der Waals surface area contributed by atoms with E-state index in [-0.39, 0.29) is 11.7 Å². The molecule has 2 heterocycles. The second-order valence-corrected chi connectivity index (χ2v) is 6.61. The molecule has 22 heavy (non-hydrogen) atoms. The molecule has 0 bridgehead atoms. The molecule has 6 heteroatoms. The summed E-state index contributed by atoms with van der Waals surface area (Å²) >= 11 is 17.9. The van der Waals surface area contributed by atoms with E-state index in [0.717, 1.165) is 16.4 Å². The average molecular weight is 353 g/mol. The highest BCUT2D eigenvalue weighted by atomic mass is 35.5. The molecule has 0 radical (unpaired) electrons. The fourth-order valence-electron chi connectivity index (χ4n) is 2.79. The molecule has 1 aliphatic heterocycles. The van der Waals surface area contributed by atoms with Gasteiger partial charge in [0.25, 0.3) is 0 Å². The molecule has 1 aliphatic rings. The zero-order chi connectivity index (χ0) is 15.9. The van der Waals surface area contributed by atoms with Crippen molar-refractivity contribution >= 4 is 46.1 Å². The summed E-state index contributed by atoms with van der Waals surface area (Å²) in [5.74, 6) is 0.183. The van der Waals surface area contributed by atoms with Crippen molar-refractivity contribution in [3.05, 3.63) is 51.8 Å². The van der Waals surface area contributed by atoms with Gasteiger partial charge in [-0.15, -0.1) is 0 Å². The van der Waals surface area contributed by atoms with Gasteiger partial charge in [0.05, 0.1) is 15.0 Å². The second kappa shape index (κ2) is 6.03. The number of aromatic hydroxyl groups is 1. The lowest BCUT2D eigenvalue weighted by molar-refractivity contribution is 0.463. The maximum atomic E-state index is 10.1. The van der Waals surface area contributed by atoms with Crippen LogP contribution in [0.2, 0.25) is 10.0 Å². The summed E-state index contributed by atoms with van der Waals surface area (Å²) in [5.41, 5.74) is 2.62. The lowest BCUT2D eigenvalue weighted by Gasteiger charge is -2.19. The Balaban J connectivity index is 1.94. The number of nitrogens with zero attached hydrogens (tertiary/aromatic N) is 2. The van der Waals surface area contributed by atoms with Crippen molar-refractivity contribution in [3.63, 3.8) is 0 Å². The molecule has 0 saturated carbocycles. The van der Waals surface area contributed by atoms with Gasteiger partial charge >= 0.3 is 0 Å². The van der Waals surface area contributed by atoms with E-state index in [1.54, 1.807) is 18.3 Å². The Morgan fingerprint density at radius 2 is 2.09 bits per heavy atom. The van der Waals surface area contributed by atoms with E-state index in [0.29, 0.717) is 28.6 Å². The summed E-state index contributed by atoms with van der Waals surface area (Å²) in [5, 5.41) is 11.0. The minimum Gasteiger partial charge on any atom is -0.508 e. The number of hydrogen-bond acceptors (Lipinski definition) is 3. The summed E-state index contributed by atoms with van der Waals surface area (Å²) in [7, 11) is 0. The van der Waals surface area contributed by atoms with Crippen LogP contribution in [0, 0.1) is 6.92 Å². The lowest BCUT2D eigenvalue weighted by Crippen LogP contribution is -2.23. The Morgan fingerprint density at radius 3 is 2.82 bits per heavy atom. The number of phenolic OH excluding ortho intramolecular Hbond substituents is 1. The van der Waals surface area contributed by atoms with Gasteiger partial charge in [0.2, 0.25) is 0 Å². The highest BCUT2D eigenvalue weighted by molar-refractivity contribution is 7.80. The van der Waals surface area contributed by atoms with Crippen LogP contribution >= 0.6 is 35.4 Å². The van der Waals surface area contributed by atoms with Crippen LogP contribution in [0.3, 0.4) is 0 Å². The van der Waals surface area contributed by atoms with E-state index in [2.05, 4.69) is 9.88 Å². The van der Waals surface area contributed by atoms with Crippen molar-refractivity contribution in [1.82, 2.24) is 4.98 Å². The molecule has 1 fully saturated rings. The molecular formula is C16H14Cl2N2OS. The zero-order valence-corrected chi connectivity index (χ0v) is 14.2. The molecule has 2 aromatic rings. The quantitative estimate of drug-likeness (QED) is 0.793. The third kappa shape index (κ3) is 2.78. The smallest absolute Gasteiger partial charge is 0.120 e. The number of thiocarbonyl (C=S) groups is 1. The Morgan fingerprint density at radius 1 is 1.32 bits per heavy atom. The number of aromatic nitrogens is 1. The first-order chi connectivity index (χ1) is 10.5. The van der Waals surface area contributed by atoms with Crippen LogP contribution in [0.4, 0.5) is 5.69 Å². The van der Waals surface area contributed by atoms with Gasteiger partial charge in [-0.25, -0.2) is 0 Å². The van der Waals surface area contributed by atoms with E-state index in [1.165, 1.54) is 0 Å². The van der Waals surface area contributed by atoms with Gasteiger partial charge in [0, 0.05) is 42.0 Å². The molecule has 1 aromatic heterocycles. The Labute approximate surface area is 144 Å². The van der Waals surface area contributed by atoms with Crippen molar-refractivity contribution in [3.8, 4) is 5.75 Å². The summed E-state index contributed by atoms with van der Waals surface area (Å²) in [4.78, 5) is 7.09. The number of phenols is 1. The van der Waals surface area contributed by atoms with Gasteiger partial charge in [0.15, 0.2) is 0 Å². The Bertz CT molecular complexity index is 751. The summed E-state index contributed by atoms with van der Waals surface area (Å²) < 4.78 is 0. The normalized spacial score (nSPS) is 18.0. The number of rotatable bonds is 2. The third-order valence-electron chi connectivity index (χ3n) is 3.83.